The summed E-state index contributed by atoms with van der Waals surface area (Å²) in [6.45, 7) is 5.85. The molecule has 0 bridgehead atoms. The summed E-state index contributed by atoms with van der Waals surface area (Å²) in [6.07, 6.45) is 2.32. The fourth-order valence-electron chi connectivity index (χ4n) is 1.40. The Hall–Kier alpha value is -0.380. The van der Waals surface area contributed by atoms with E-state index >= 15 is 0 Å². The fourth-order valence-corrected chi connectivity index (χ4v) is 1.67. The molecule has 0 aliphatic rings. The van der Waals surface area contributed by atoms with Gasteiger partial charge in [0.05, 0.1) is 6.61 Å². The lowest BCUT2D eigenvalue weighted by Crippen LogP contribution is -2.14. The molecule has 0 fully saturated rings. The number of nitrogens with one attached hydrogen (secondary N) is 1. The smallest absolute Gasteiger partial charge is 0.0716 e. The van der Waals surface area contributed by atoms with Crippen molar-refractivity contribution in [3.8, 4) is 0 Å². The summed E-state index contributed by atoms with van der Waals surface area (Å²) in [4.78, 5) is 0. The predicted molar refractivity (Wildman–Crippen MR) is 71.6 cm³/mol. The highest BCUT2D eigenvalue weighted by molar-refractivity contribution is 9.10. The molecule has 0 saturated carbocycles. The lowest BCUT2D eigenvalue weighted by atomic mass is 10.2. The van der Waals surface area contributed by atoms with Gasteiger partial charge in [0.2, 0.25) is 0 Å². The van der Waals surface area contributed by atoms with Gasteiger partial charge in [0.15, 0.2) is 0 Å². The molecule has 0 atom stereocenters. The normalized spacial score (nSPS) is 10.6. The third kappa shape index (κ3) is 6.26. The van der Waals surface area contributed by atoms with E-state index in [1.807, 2.05) is 12.1 Å². The highest BCUT2D eigenvalue weighted by atomic mass is 79.9. The van der Waals surface area contributed by atoms with Crippen LogP contribution in [0, 0.1) is 0 Å². The molecule has 3 heteroatoms. The Morgan fingerprint density at radius 2 is 1.94 bits per heavy atom. The van der Waals surface area contributed by atoms with Gasteiger partial charge in [-0.15, -0.1) is 0 Å². The molecular weight excluding hydrogens is 266 g/mol. The van der Waals surface area contributed by atoms with Crippen molar-refractivity contribution in [1.82, 2.24) is 5.32 Å². The van der Waals surface area contributed by atoms with Crippen molar-refractivity contribution in [3.05, 3.63) is 34.3 Å². The molecule has 0 aromatic heterocycles. The molecule has 0 radical (unpaired) electrons. The average molecular weight is 286 g/mol. The standard InChI is InChI=1S/C13H20BrNO/c1-2-15-9-3-4-10-16-11-12-5-7-13(14)8-6-12/h5-8,15H,2-4,9-11H2,1H3. The molecule has 0 saturated heterocycles. The number of ether oxygens (including phenoxy) is 1. The van der Waals surface area contributed by atoms with Gasteiger partial charge in [-0.1, -0.05) is 35.0 Å². The number of benzene rings is 1. The van der Waals surface area contributed by atoms with Gasteiger partial charge < -0.3 is 10.1 Å². The first-order chi connectivity index (χ1) is 7.83. The van der Waals surface area contributed by atoms with E-state index in [1.165, 1.54) is 12.0 Å². The summed E-state index contributed by atoms with van der Waals surface area (Å²) in [7, 11) is 0. The zero-order chi connectivity index (χ0) is 11.6. The molecule has 0 heterocycles. The zero-order valence-corrected chi connectivity index (χ0v) is 11.4. The Kier molecular flexibility index (Phi) is 7.47. The first kappa shape index (κ1) is 13.7. The molecule has 1 rings (SSSR count). The Morgan fingerprint density at radius 3 is 2.62 bits per heavy atom. The Morgan fingerprint density at radius 1 is 1.19 bits per heavy atom. The van der Waals surface area contributed by atoms with E-state index in [2.05, 4.69) is 40.3 Å². The van der Waals surface area contributed by atoms with Crippen LogP contribution in [0.4, 0.5) is 0 Å². The van der Waals surface area contributed by atoms with Crippen LogP contribution in [0.25, 0.3) is 0 Å². The van der Waals surface area contributed by atoms with Crippen LogP contribution in [0.15, 0.2) is 28.7 Å². The van der Waals surface area contributed by atoms with Gasteiger partial charge in [0, 0.05) is 11.1 Å². The Labute approximate surface area is 107 Å². The van der Waals surface area contributed by atoms with E-state index in [1.54, 1.807) is 0 Å². The molecule has 0 spiro atoms. The van der Waals surface area contributed by atoms with Crippen LogP contribution in [0.1, 0.15) is 25.3 Å². The molecular formula is C13H20BrNO. The van der Waals surface area contributed by atoms with Crippen LogP contribution in [0.3, 0.4) is 0 Å². The van der Waals surface area contributed by atoms with Gasteiger partial charge in [-0.3, -0.25) is 0 Å². The molecule has 1 N–H and O–H groups in total. The van der Waals surface area contributed by atoms with E-state index < -0.39 is 0 Å². The van der Waals surface area contributed by atoms with Gasteiger partial charge in [-0.25, -0.2) is 0 Å². The minimum absolute atomic E-state index is 0.717. The molecule has 0 aliphatic carbocycles. The van der Waals surface area contributed by atoms with Crippen molar-refractivity contribution in [2.45, 2.75) is 26.4 Å². The molecule has 0 amide bonds. The van der Waals surface area contributed by atoms with Crippen molar-refractivity contribution in [2.24, 2.45) is 0 Å². The quantitative estimate of drug-likeness (QED) is 0.740. The summed E-state index contributed by atoms with van der Waals surface area (Å²) < 4.78 is 6.71. The third-order valence-electron chi connectivity index (χ3n) is 2.32. The summed E-state index contributed by atoms with van der Waals surface area (Å²) in [5, 5.41) is 3.30. The molecule has 2 nitrogen and oxygen atoms in total. The highest BCUT2D eigenvalue weighted by Gasteiger charge is 1.93. The van der Waals surface area contributed by atoms with Crippen molar-refractivity contribution in [1.29, 1.82) is 0 Å². The molecule has 1 aromatic rings. The second-order valence-corrected chi connectivity index (χ2v) is 4.66. The Bertz CT molecular complexity index is 274. The fraction of sp³-hybridized carbons (Fsp3) is 0.538. The van der Waals surface area contributed by atoms with Crippen molar-refractivity contribution < 1.29 is 4.74 Å². The maximum Gasteiger partial charge on any atom is 0.0716 e. The second kappa shape index (κ2) is 8.74. The number of unbranched alkanes of at least 4 members (excludes halogenated alkanes) is 1. The minimum Gasteiger partial charge on any atom is -0.377 e. The molecule has 0 unspecified atom stereocenters. The topological polar surface area (TPSA) is 21.3 Å². The van der Waals surface area contributed by atoms with Crippen molar-refractivity contribution in [2.75, 3.05) is 19.7 Å². The van der Waals surface area contributed by atoms with E-state index in [4.69, 9.17) is 4.74 Å². The number of rotatable bonds is 8. The summed E-state index contributed by atoms with van der Waals surface area (Å²) in [6, 6.07) is 8.26. The van der Waals surface area contributed by atoms with Crippen LogP contribution in [0.2, 0.25) is 0 Å². The molecule has 1 aromatic carbocycles. The van der Waals surface area contributed by atoms with E-state index in [9.17, 15) is 0 Å². The van der Waals surface area contributed by atoms with Crippen LogP contribution in [0.5, 0.6) is 0 Å². The average Bonchev–Trinajstić information content (AvgIpc) is 2.30. The first-order valence-electron chi connectivity index (χ1n) is 5.86. The van der Waals surface area contributed by atoms with Gasteiger partial charge in [-0.05, 0) is 43.6 Å². The summed E-state index contributed by atoms with van der Waals surface area (Å²) in [5.74, 6) is 0. The van der Waals surface area contributed by atoms with Crippen LogP contribution < -0.4 is 5.32 Å². The largest absolute Gasteiger partial charge is 0.377 e. The van der Waals surface area contributed by atoms with Gasteiger partial charge in [0.1, 0.15) is 0 Å². The maximum atomic E-state index is 5.60. The van der Waals surface area contributed by atoms with E-state index in [-0.39, 0.29) is 0 Å². The van der Waals surface area contributed by atoms with Gasteiger partial charge >= 0.3 is 0 Å². The maximum absolute atomic E-state index is 5.60. The number of hydrogen-bond acceptors (Lipinski definition) is 2. The highest BCUT2D eigenvalue weighted by Crippen LogP contribution is 2.11. The Balaban J connectivity index is 2.01. The lowest BCUT2D eigenvalue weighted by Gasteiger charge is -2.05. The number of hydrogen-bond donors (Lipinski definition) is 1. The number of halogens is 1. The van der Waals surface area contributed by atoms with E-state index in [0.29, 0.717) is 6.61 Å². The molecule has 0 aliphatic heterocycles. The van der Waals surface area contributed by atoms with Crippen molar-refractivity contribution in [3.63, 3.8) is 0 Å². The lowest BCUT2D eigenvalue weighted by molar-refractivity contribution is 0.117. The minimum atomic E-state index is 0.717. The first-order valence-corrected chi connectivity index (χ1v) is 6.65. The van der Waals surface area contributed by atoms with Crippen LogP contribution >= 0.6 is 15.9 Å². The van der Waals surface area contributed by atoms with Crippen LogP contribution in [-0.2, 0) is 11.3 Å². The van der Waals surface area contributed by atoms with E-state index in [0.717, 1.165) is 30.6 Å². The SMILES string of the molecule is CCNCCCCOCc1ccc(Br)cc1. The summed E-state index contributed by atoms with van der Waals surface area (Å²) >= 11 is 3.41. The van der Waals surface area contributed by atoms with Crippen molar-refractivity contribution >= 4 is 15.9 Å². The third-order valence-corrected chi connectivity index (χ3v) is 2.85. The van der Waals surface area contributed by atoms with Gasteiger partial charge in [-0.2, -0.15) is 0 Å². The molecule has 16 heavy (non-hydrogen) atoms. The predicted octanol–water partition coefficient (Wildman–Crippen LogP) is 3.36. The summed E-state index contributed by atoms with van der Waals surface area (Å²) in [5.41, 5.74) is 1.23. The monoisotopic (exact) mass is 285 g/mol. The second-order valence-electron chi connectivity index (χ2n) is 3.74. The molecule has 90 valence electrons. The zero-order valence-electron chi connectivity index (χ0n) is 9.84. The van der Waals surface area contributed by atoms with Gasteiger partial charge in [0.25, 0.3) is 0 Å². The van der Waals surface area contributed by atoms with Crippen LogP contribution in [-0.4, -0.2) is 19.7 Å².